The number of nitrogens with zero attached hydrogens (tertiary/aromatic N) is 1. The van der Waals surface area contributed by atoms with Crippen LogP contribution in [0.1, 0.15) is 38.5 Å². The molecular formula is C15H16Cl2N2OS. The molecule has 0 atom stereocenters. The third-order valence-corrected chi connectivity index (χ3v) is 5.63. The summed E-state index contributed by atoms with van der Waals surface area (Å²) in [6, 6.07) is 3.62. The number of halogens is 2. The van der Waals surface area contributed by atoms with Crippen LogP contribution in [0.5, 0.6) is 0 Å². The van der Waals surface area contributed by atoms with Gasteiger partial charge in [-0.05, 0) is 30.9 Å². The van der Waals surface area contributed by atoms with Gasteiger partial charge in [-0.15, -0.1) is 0 Å². The minimum atomic E-state index is 0.0446. The largest absolute Gasteiger partial charge is 0.302 e. The van der Waals surface area contributed by atoms with Gasteiger partial charge in [0.25, 0.3) is 0 Å². The molecule has 21 heavy (non-hydrogen) atoms. The standard InChI is InChI=1S/C15H16Cl2N2OS/c16-10-6-7-11-14(13(10)17)19-15(21-11)18-12(20)8-9-4-2-1-3-5-9/h6-7,9H,1-5,8H2,(H,18,19,20). The second-order valence-electron chi connectivity index (χ2n) is 5.48. The second-order valence-corrected chi connectivity index (χ2v) is 7.30. The average Bonchev–Trinajstić information content (AvgIpc) is 2.87. The Balaban J connectivity index is 1.69. The Hall–Kier alpha value is -0.840. The number of amides is 1. The highest BCUT2D eigenvalue weighted by molar-refractivity contribution is 7.22. The fourth-order valence-corrected chi connectivity index (χ4v) is 4.12. The van der Waals surface area contributed by atoms with Gasteiger partial charge in [-0.1, -0.05) is 53.8 Å². The lowest BCUT2D eigenvalue weighted by molar-refractivity contribution is -0.117. The smallest absolute Gasteiger partial charge is 0.226 e. The first-order chi connectivity index (χ1) is 10.1. The molecule has 0 spiro atoms. The van der Waals surface area contributed by atoms with Crippen molar-refractivity contribution in [2.45, 2.75) is 38.5 Å². The van der Waals surface area contributed by atoms with Crippen molar-refractivity contribution in [1.82, 2.24) is 4.98 Å². The third kappa shape index (κ3) is 3.50. The SMILES string of the molecule is O=C(CC1CCCCC1)Nc1nc2c(Cl)c(Cl)ccc2s1. The first-order valence-electron chi connectivity index (χ1n) is 7.18. The number of nitrogens with one attached hydrogen (secondary N) is 1. The Bertz CT molecular complexity index is 665. The van der Waals surface area contributed by atoms with E-state index in [0.717, 1.165) is 17.5 Å². The number of carbonyl (C=O) groups is 1. The molecule has 1 aromatic heterocycles. The minimum absolute atomic E-state index is 0.0446. The van der Waals surface area contributed by atoms with E-state index in [4.69, 9.17) is 23.2 Å². The molecule has 1 fully saturated rings. The molecule has 3 nitrogen and oxygen atoms in total. The highest BCUT2D eigenvalue weighted by atomic mass is 35.5. The van der Waals surface area contributed by atoms with Gasteiger partial charge in [0.1, 0.15) is 5.52 Å². The zero-order valence-electron chi connectivity index (χ0n) is 11.5. The monoisotopic (exact) mass is 342 g/mol. The number of hydrogen-bond acceptors (Lipinski definition) is 3. The third-order valence-electron chi connectivity index (χ3n) is 3.90. The van der Waals surface area contributed by atoms with E-state index < -0.39 is 0 Å². The summed E-state index contributed by atoms with van der Waals surface area (Å²) >= 11 is 13.5. The van der Waals surface area contributed by atoms with Crippen LogP contribution in [0.15, 0.2) is 12.1 Å². The second kappa shape index (κ2) is 6.51. The van der Waals surface area contributed by atoms with E-state index in [1.165, 1.54) is 30.6 Å². The first kappa shape index (κ1) is 15.1. The lowest BCUT2D eigenvalue weighted by Gasteiger charge is -2.20. The van der Waals surface area contributed by atoms with Crippen LogP contribution in [-0.4, -0.2) is 10.9 Å². The van der Waals surface area contributed by atoms with Crippen molar-refractivity contribution >= 4 is 55.8 Å². The van der Waals surface area contributed by atoms with Crippen molar-refractivity contribution in [3.63, 3.8) is 0 Å². The van der Waals surface area contributed by atoms with Crippen LogP contribution in [0.25, 0.3) is 10.2 Å². The maximum atomic E-state index is 12.1. The number of carbonyl (C=O) groups excluding carboxylic acids is 1. The first-order valence-corrected chi connectivity index (χ1v) is 8.75. The molecule has 0 aliphatic heterocycles. The van der Waals surface area contributed by atoms with Crippen molar-refractivity contribution < 1.29 is 4.79 Å². The minimum Gasteiger partial charge on any atom is -0.302 e. The summed E-state index contributed by atoms with van der Waals surface area (Å²) in [5.74, 6) is 0.564. The van der Waals surface area contributed by atoms with Crippen molar-refractivity contribution in [2.24, 2.45) is 5.92 Å². The predicted octanol–water partition coefficient (Wildman–Crippen LogP) is 5.51. The van der Waals surface area contributed by atoms with Crippen molar-refractivity contribution in [2.75, 3.05) is 5.32 Å². The molecule has 0 bridgehead atoms. The van der Waals surface area contributed by atoms with Gasteiger partial charge in [-0.25, -0.2) is 4.98 Å². The molecule has 112 valence electrons. The number of anilines is 1. The number of thiazole rings is 1. The van der Waals surface area contributed by atoms with E-state index in [-0.39, 0.29) is 5.91 Å². The highest BCUT2D eigenvalue weighted by Crippen LogP contribution is 2.35. The topological polar surface area (TPSA) is 42.0 Å². The Morgan fingerprint density at radius 1 is 1.29 bits per heavy atom. The van der Waals surface area contributed by atoms with E-state index in [9.17, 15) is 4.79 Å². The summed E-state index contributed by atoms with van der Waals surface area (Å²) in [6.45, 7) is 0. The molecule has 0 saturated heterocycles. The van der Waals surface area contributed by atoms with Crippen molar-refractivity contribution in [1.29, 1.82) is 0 Å². The van der Waals surface area contributed by atoms with Gasteiger partial charge in [0.15, 0.2) is 5.13 Å². The van der Waals surface area contributed by atoms with Gasteiger partial charge in [0.2, 0.25) is 5.91 Å². The number of fused-ring (bicyclic) bond motifs is 1. The zero-order valence-corrected chi connectivity index (χ0v) is 13.8. The molecule has 1 aliphatic carbocycles. The van der Waals surface area contributed by atoms with Crippen LogP contribution < -0.4 is 5.32 Å². The number of aromatic nitrogens is 1. The fraction of sp³-hybridized carbons (Fsp3) is 0.467. The lowest BCUT2D eigenvalue weighted by atomic mass is 9.87. The van der Waals surface area contributed by atoms with E-state index in [0.29, 0.717) is 33.0 Å². The molecule has 1 amide bonds. The Labute approximate surface area is 137 Å². The normalized spacial score (nSPS) is 16.3. The summed E-state index contributed by atoms with van der Waals surface area (Å²) in [6.07, 6.45) is 6.70. The lowest BCUT2D eigenvalue weighted by Crippen LogP contribution is -2.18. The van der Waals surface area contributed by atoms with Gasteiger partial charge < -0.3 is 5.32 Å². The van der Waals surface area contributed by atoms with Crippen LogP contribution >= 0.6 is 34.5 Å². The molecule has 2 aromatic rings. The van der Waals surface area contributed by atoms with Crippen molar-refractivity contribution in [3.05, 3.63) is 22.2 Å². The van der Waals surface area contributed by atoms with Gasteiger partial charge >= 0.3 is 0 Å². The van der Waals surface area contributed by atoms with Crippen LogP contribution in [-0.2, 0) is 4.79 Å². The maximum absolute atomic E-state index is 12.1. The molecular weight excluding hydrogens is 327 g/mol. The van der Waals surface area contributed by atoms with Crippen LogP contribution in [0.3, 0.4) is 0 Å². The van der Waals surface area contributed by atoms with E-state index >= 15 is 0 Å². The number of rotatable bonds is 3. The zero-order chi connectivity index (χ0) is 14.8. The molecule has 1 N–H and O–H groups in total. The van der Waals surface area contributed by atoms with Gasteiger partial charge in [0, 0.05) is 6.42 Å². The molecule has 0 radical (unpaired) electrons. The van der Waals surface area contributed by atoms with Gasteiger partial charge in [-0.3, -0.25) is 4.79 Å². The summed E-state index contributed by atoms with van der Waals surface area (Å²) < 4.78 is 0.928. The summed E-state index contributed by atoms with van der Waals surface area (Å²) in [7, 11) is 0. The Morgan fingerprint density at radius 3 is 2.81 bits per heavy atom. The van der Waals surface area contributed by atoms with Crippen LogP contribution in [0, 0.1) is 5.92 Å². The van der Waals surface area contributed by atoms with Crippen LogP contribution in [0.4, 0.5) is 5.13 Å². The Morgan fingerprint density at radius 2 is 2.05 bits per heavy atom. The molecule has 1 heterocycles. The molecule has 3 rings (SSSR count). The van der Waals surface area contributed by atoms with Gasteiger partial charge in [0.05, 0.1) is 14.7 Å². The predicted molar refractivity (Wildman–Crippen MR) is 89.5 cm³/mol. The molecule has 1 aliphatic rings. The van der Waals surface area contributed by atoms with E-state index in [1.54, 1.807) is 6.07 Å². The summed E-state index contributed by atoms with van der Waals surface area (Å²) in [4.78, 5) is 16.5. The fourth-order valence-electron chi connectivity index (χ4n) is 2.81. The molecule has 1 aromatic carbocycles. The summed E-state index contributed by atoms with van der Waals surface area (Å²) in [5.41, 5.74) is 0.655. The number of hydrogen-bond donors (Lipinski definition) is 1. The average molecular weight is 343 g/mol. The molecule has 1 saturated carbocycles. The highest BCUT2D eigenvalue weighted by Gasteiger charge is 2.18. The number of benzene rings is 1. The van der Waals surface area contributed by atoms with Gasteiger partial charge in [-0.2, -0.15) is 0 Å². The van der Waals surface area contributed by atoms with E-state index in [1.807, 2.05) is 6.07 Å². The maximum Gasteiger partial charge on any atom is 0.226 e. The van der Waals surface area contributed by atoms with Crippen LogP contribution in [0.2, 0.25) is 10.0 Å². The molecule has 0 unspecified atom stereocenters. The van der Waals surface area contributed by atoms with E-state index in [2.05, 4.69) is 10.3 Å². The molecule has 6 heteroatoms. The quantitative estimate of drug-likeness (QED) is 0.798. The Kier molecular flexibility index (Phi) is 4.67. The van der Waals surface area contributed by atoms with Crippen molar-refractivity contribution in [3.8, 4) is 0 Å². The summed E-state index contributed by atoms with van der Waals surface area (Å²) in [5, 5.41) is 4.41.